The molecule has 1 heterocycles. The van der Waals surface area contributed by atoms with E-state index in [1.165, 1.54) is 0 Å². The number of amides is 1. The lowest BCUT2D eigenvalue weighted by atomic mass is 10.4. The molecule has 5 heteroatoms. The van der Waals surface area contributed by atoms with Gasteiger partial charge >= 0.3 is 0 Å². The van der Waals surface area contributed by atoms with Gasteiger partial charge in [0.1, 0.15) is 5.69 Å². The molecule has 66 valence electrons. The smallest absolute Gasteiger partial charge is 0.271 e. The highest BCUT2D eigenvalue weighted by molar-refractivity contribution is 14.1. The number of alkyl halides is 1. The zero-order valence-electron chi connectivity index (χ0n) is 6.75. The van der Waals surface area contributed by atoms with Gasteiger partial charge in [-0.2, -0.15) is 5.10 Å². The van der Waals surface area contributed by atoms with Crippen molar-refractivity contribution in [1.82, 2.24) is 15.1 Å². The molecule has 0 fully saturated rings. The molecule has 1 rings (SSSR count). The lowest BCUT2D eigenvalue weighted by molar-refractivity contribution is 0.0950. The van der Waals surface area contributed by atoms with Crippen molar-refractivity contribution >= 4 is 28.5 Å². The molecule has 0 bridgehead atoms. The third-order valence-electron chi connectivity index (χ3n) is 1.33. The summed E-state index contributed by atoms with van der Waals surface area (Å²) in [5.74, 6) is -0.104. The summed E-state index contributed by atoms with van der Waals surface area (Å²) in [6.45, 7) is 0.690. The first-order valence-corrected chi connectivity index (χ1v) is 5.10. The van der Waals surface area contributed by atoms with E-state index in [0.29, 0.717) is 12.2 Å². The molecular formula is C7H10IN3O. The summed E-state index contributed by atoms with van der Waals surface area (Å²) < 4.78 is 2.52. The van der Waals surface area contributed by atoms with Crippen LogP contribution in [0, 0.1) is 0 Å². The van der Waals surface area contributed by atoms with Crippen LogP contribution in [0.25, 0.3) is 0 Å². The lowest BCUT2D eigenvalue weighted by Gasteiger charge is -1.97. The zero-order chi connectivity index (χ0) is 8.97. The van der Waals surface area contributed by atoms with Crippen molar-refractivity contribution in [3.63, 3.8) is 0 Å². The fourth-order valence-corrected chi connectivity index (χ4v) is 1.06. The van der Waals surface area contributed by atoms with E-state index in [0.717, 1.165) is 4.43 Å². The Morgan fingerprint density at radius 2 is 2.58 bits per heavy atom. The summed E-state index contributed by atoms with van der Waals surface area (Å²) in [4.78, 5) is 11.2. The Hall–Kier alpha value is -0.590. The maximum absolute atomic E-state index is 11.2. The van der Waals surface area contributed by atoms with E-state index in [-0.39, 0.29) is 5.91 Å². The van der Waals surface area contributed by atoms with Crippen molar-refractivity contribution in [3.05, 3.63) is 18.0 Å². The maximum atomic E-state index is 11.2. The Morgan fingerprint density at radius 1 is 1.83 bits per heavy atom. The predicted octanol–water partition coefficient (Wildman–Crippen LogP) is 0.585. The number of aromatic nitrogens is 2. The first-order chi connectivity index (χ1) is 5.74. The molecule has 0 unspecified atom stereocenters. The average molecular weight is 279 g/mol. The fourth-order valence-electron chi connectivity index (χ4n) is 0.788. The molecule has 0 aliphatic carbocycles. The van der Waals surface area contributed by atoms with Crippen LogP contribution in [0.2, 0.25) is 0 Å². The standard InChI is InChI=1S/C7H10IN3O/c1-11-5-2-6(10-11)7(12)9-4-3-8/h2,5H,3-4H2,1H3,(H,9,12). The second-order valence-corrected chi connectivity index (χ2v) is 3.40. The summed E-state index contributed by atoms with van der Waals surface area (Å²) in [5.41, 5.74) is 0.474. The largest absolute Gasteiger partial charge is 0.350 e. The van der Waals surface area contributed by atoms with E-state index < -0.39 is 0 Å². The zero-order valence-corrected chi connectivity index (χ0v) is 8.91. The highest BCUT2D eigenvalue weighted by Gasteiger charge is 2.06. The molecule has 0 radical (unpaired) electrons. The number of hydrogen-bond donors (Lipinski definition) is 1. The van der Waals surface area contributed by atoms with Crippen LogP contribution in [0.4, 0.5) is 0 Å². The van der Waals surface area contributed by atoms with Crippen molar-refractivity contribution in [3.8, 4) is 0 Å². The van der Waals surface area contributed by atoms with Crippen molar-refractivity contribution in [2.45, 2.75) is 0 Å². The quantitative estimate of drug-likeness (QED) is 0.650. The van der Waals surface area contributed by atoms with Crippen LogP contribution in [0.15, 0.2) is 12.3 Å². The van der Waals surface area contributed by atoms with Gasteiger partial charge in [0.25, 0.3) is 5.91 Å². The van der Waals surface area contributed by atoms with E-state index >= 15 is 0 Å². The molecule has 0 saturated heterocycles. The topological polar surface area (TPSA) is 46.9 Å². The van der Waals surface area contributed by atoms with Gasteiger partial charge in [-0.05, 0) is 6.07 Å². The molecule has 0 aliphatic heterocycles. The van der Waals surface area contributed by atoms with E-state index in [1.807, 2.05) is 0 Å². The number of hydrogen-bond acceptors (Lipinski definition) is 2. The van der Waals surface area contributed by atoms with Gasteiger partial charge in [-0.3, -0.25) is 9.48 Å². The summed E-state index contributed by atoms with van der Waals surface area (Å²) in [7, 11) is 1.79. The third-order valence-corrected chi connectivity index (χ3v) is 1.87. The van der Waals surface area contributed by atoms with Gasteiger partial charge in [-0.15, -0.1) is 0 Å². The van der Waals surface area contributed by atoms with Crippen molar-refractivity contribution in [2.24, 2.45) is 7.05 Å². The molecule has 1 aromatic heterocycles. The van der Waals surface area contributed by atoms with E-state index in [1.54, 1.807) is 24.0 Å². The number of rotatable bonds is 3. The third kappa shape index (κ3) is 2.47. The van der Waals surface area contributed by atoms with Crippen LogP contribution in [0.5, 0.6) is 0 Å². The minimum atomic E-state index is -0.104. The number of halogens is 1. The minimum absolute atomic E-state index is 0.104. The summed E-state index contributed by atoms with van der Waals surface area (Å²) in [6.07, 6.45) is 1.75. The van der Waals surface area contributed by atoms with Crippen molar-refractivity contribution in [1.29, 1.82) is 0 Å². The second kappa shape index (κ2) is 4.44. The maximum Gasteiger partial charge on any atom is 0.271 e. The van der Waals surface area contributed by atoms with E-state index in [4.69, 9.17) is 0 Å². The molecule has 12 heavy (non-hydrogen) atoms. The monoisotopic (exact) mass is 279 g/mol. The Labute approximate surface area is 84.5 Å². The SMILES string of the molecule is Cn1ccc(C(=O)NCCI)n1. The van der Waals surface area contributed by atoms with Crippen LogP contribution < -0.4 is 5.32 Å². The highest BCUT2D eigenvalue weighted by Crippen LogP contribution is 1.93. The molecule has 0 saturated carbocycles. The average Bonchev–Trinajstić information content (AvgIpc) is 2.47. The number of carbonyl (C=O) groups excluding carboxylic acids is 1. The van der Waals surface area contributed by atoms with Crippen molar-refractivity contribution in [2.75, 3.05) is 11.0 Å². The lowest BCUT2D eigenvalue weighted by Crippen LogP contribution is -2.25. The fraction of sp³-hybridized carbons (Fsp3) is 0.429. The summed E-state index contributed by atoms with van der Waals surface area (Å²) in [5, 5.41) is 6.71. The van der Waals surface area contributed by atoms with Gasteiger partial charge in [0, 0.05) is 24.2 Å². The number of nitrogens with one attached hydrogen (secondary N) is 1. The molecule has 1 amide bonds. The molecule has 0 spiro atoms. The molecule has 0 atom stereocenters. The predicted molar refractivity (Wildman–Crippen MR) is 54.4 cm³/mol. The van der Waals surface area contributed by atoms with Gasteiger partial charge in [0.15, 0.2) is 0 Å². The molecule has 0 aliphatic rings. The molecule has 1 aromatic rings. The van der Waals surface area contributed by atoms with Gasteiger partial charge in [0.2, 0.25) is 0 Å². The van der Waals surface area contributed by atoms with Crippen molar-refractivity contribution < 1.29 is 4.79 Å². The summed E-state index contributed by atoms with van der Waals surface area (Å²) in [6, 6.07) is 1.70. The van der Waals surface area contributed by atoms with Crippen LogP contribution in [0.3, 0.4) is 0 Å². The van der Waals surface area contributed by atoms with Crippen LogP contribution in [-0.4, -0.2) is 26.7 Å². The Kier molecular flexibility index (Phi) is 3.51. The van der Waals surface area contributed by atoms with Crippen LogP contribution >= 0.6 is 22.6 Å². The van der Waals surface area contributed by atoms with Gasteiger partial charge in [-0.1, -0.05) is 22.6 Å². The van der Waals surface area contributed by atoms with E-state index in [2.05, 4.69) is 33.0 Å². The Morgan fingerprint density at radius 3 is 3.08 bits per heavy atom. The highest BCUT2D eigenvalue weighted by atomic mass is 127. The first kappa shape index (κ1) is 9.50. The number of carbonyl (C=O) groups is 1. The van der Waals surface area contributed by atoms with Gasteiger partial charge < -0.3 is 5.32 Å². The van der Waals surface area contributed by atoms with E-state index in [9.17, 15) is 4.79 Å². The summed E-state index contributed by atoms with van der Waals surface area (Å²) >= 11 is 2.21. The van der Waals surface area contributed by atoms with Gasteiger partial charge in [-0.25, -0.2) is 0 Å². The van der Waals surface area contributed by atoms with Crippen LogP contribution in [0.1, 0.15) is 10.5 Å². The second-order valence-electron chi connectivity index (χ2n) is 2.32. The van der Waals surface area contributed by atoms with Crippen LogP contribution in [-0.2, 0) is 7.05 Å². The number of aryl methyl sites for hydroxylation is 1. The molecular weight excluding hydrogens is 269 g/mol. The molecule has 0 aromatic carbocycles. The Bertz CT molecular complexity index is 271. The van der Waals surface area contributed by atoms with Gasteiger partial charge in [0.05, 0.1) is 0 Å². The molecule has 1 N–H and O–H groups in total. The Balaban J connectivity index is 2.53. The minimum Gasteiger partial charge on any atom is -0.350 e. The first-order valence-electron chi connectivity index (χ1n) is 3.58. The normalized spacial score (nSPS) is 9.83. The molecule has 4 nitrogen and oxygen atoms in total. The number of nitrogens with zero attached hydrogens (tertiary/aromatic N) is 2.